The molecule has 1 aromatic heterocycles. The van der Waals surface area contributed by atoms with Crippen molar-refractivity contribution < 1.29 is 4.79 Å². The maximum absolute atomic E-state index is 11.9. The van der Waals surface area contributed by atoms with Crippen molar-refractivity contribution in [3.8, 4) is 0 Å². The average molecular weight is 325 g/mol. The topological polar surface area (TPSA) is 57.8 Å². The minimum absolute atomic E-state index is 0.0479. The summed E-state index contributed by atoms with van der Waals surface area (Å²) in [5, 5.41) is 2.94. The van der Waals surface area contributed by atoms with Crippen LogP contribution in [0.3, 0.4) is 0 Å². The maximum Gasteiger partial charge on any atom is 0.230 e. The van der Waals surface area contributed by atoms with Gasteiger partial charge in [0.2, 0.25) is 5.91 Å². The van der Waals surface area contributed by atoms with Crippen molar-refractivity contribution in [3.63, 3.8) is 0 Å². The summed E-state index contributed by atoms with van der Waals surface area (Å²) in [6.07, 6.45) is 0. The number of imidazole rings is 1. The molecular formula is C18H19N3OS. The Labute approximate surface area is 139 Å². The van der Waals surface area contributed by atoms with Crippen LogP contribution in [0.15, 0.2) is 48.5 Å². The predicted octanol–water partition coefficient (Wildman–Crippen LogP) is 3.42. The maximum atomic E-state index is 11.9. The third-order valence-electron chi connectivity index (χ3n) is 3.52. The number of aromatic amines is 1. The number of fused-ring (bicyclic) bond motifs is 1. The van der Waals surface area contributed by atoms with E-state index in [4.69, 9.17) is 0 Å². The van der Waals surface area contributed by atoms with Gasteiger partial charge in [-0.15, -0.1) is 11.8 Å². The van der Waals surface area contributed by atoms with Gasteiger partial charge in [0.1, 0.15) is 5.82 Å². The number of nitrogens with one attached hydrogen (secondary N) is 2. The highest BCUT2D eigenvalue weighted by Crippen LogP contribution is 2.14. The first-order valence-corrected chi connectivity index (χ1v) is 8.70. The van der Waals surface area contributed by atoms with Gasteiger partial charge in [-0.25, -0.2) is 4.98 Å². The molecule has 0 aliphatic heterocycles. The standard InChI is InChI=1S/C18H19N3OS/c1-13-6-8-14(9-7-13)10-19-18(22)12-23-11-17-20-15-4-2-3-5-16(15)21-17/h2-9H,10-12H2,1H3,(H,19,22)(H,20,21). The third kappa shape index (κ3) is 4.36. The Hall–Kier alpha value is -2.27. The van der Waals surface area contributed by atoms with Gasteiger partial charge in [0.25, 0.3) is 0 Å². The molecule has 0 spiro atoms. The monoisotopic (exact) mass is 325 g/mol. The van der Waals surface area contributed by atoms with E-state index in [9.17, 15) is 4.79 Å². The van der Waals surface area contributed by atoms with E-state index in [1.807, 2.05) is 36.4 Å². The molecule has 118 valence electrons. The summed E-state index contributed by atoms with van der Waals surface area (Å²) in [7, 11) is 0. The Morgan fingerprint density at radius 1 is 1.17 bits per heavy atom. The highest BCUT2D eigenvalue weighted by molar-refractivity contribution is 7.99. The van der Waals surface area contributed by atoms with Crippen LogP contribution in [0.5, 0.6) is 0 Å². The molecule has 2 N–H and O–H groups in total. The molecule has 1 amide bonds. The van der Waals surface area contributed by atoms with E-state index in [0.29, 0.717) is 18.1 Å². The lowest BCUT2D eigenvalue weighted by Gasteiger charge is -2.05. The number of aromatic nitrogens is 2. The molecule has 3 rings (SSSR count). The number of rotatable bonds is 6. The second-order valence-corrected chi connectivity index (χ2v) is 6.44. The molecule has 4 nitrogen and oxygen atoms in total. The summed E-state index contributed by atoms with van der Waals surface area (Å²) in [5.74, 6) is 2.09. The highest BCUT2D eigenvalue weighted by atomic mass is 32.2. The number of carbonyl (C=O) groups is 1. The zero-order valence-electron chi connectivity index (χ0n) is 13.0. The van der Waals surface area contributed by atoms with Gasteiger partial charge in [0, 0.05) is 6.54 Å². The summed E-state index contributed by atoms with van der Waals surface area (Å²) in [4.78, 5) is 19.7. The van der Waals surface area contributed by atoms with E-state index in [-0.39, 0.29) is 5.91 Å². The fourth-order valence-electron chi connectivity index (χ4n) is 2.27. The molecule has 0 atom stereocenters. The molecule has 0 radical (unpaired) electrons. The molecular weight excluding hydrogens is 306 g/mol. The summed E-state index contributed by atoms with van der Waals surface area (Å²) < 4.78 is 0. The van der Waals surface area contributed by atoms with Crippen molar-refractivity contribution in [2.24, 2.45) is 0 Å². The number of thioether (sulfide) groups is 1. The molecule has 1 heterocycles. The first-order valence-electron chi connectivity index (χ1n) is 7.54. The summed E-state index contributed by atoms with van der Waals surface area (Å²) in [6.45, 7) is 2.63. The van der Waals surface area contributed by atoms with Crippen molar-refractivity contribution >= 4 is 28.7 Å². The Kier molecular flexibility index (Phi) is 4.98. The van der Waals surface area contributed by atoms with Crippen LogP contribution >= 0.6 is 11.8 Å². The zero-order chi connectivity index (χ0) is 16.1. The molecule has 5 heteroatoms. The Morgan fingerprint density at radius 2 is 1.96 bits per heavy atom. The minimum Gasteiger partial charge on any atom is -0.351 e. The van der Waals surface area contributed by atoms with E-state index in [2.05, 4.69) is 34.3 Å². The van der Waals surface area contributed by atoms with Crippen molar-refractivity contribution in [1.29, 1.82) is 0 Å². The number of hydrogen-bond acceptors (Lipinski definition) is 3. The molecule has 0 aliphatic rings. The molecule has 0 bridgehead atoms. The van der Waals surface area contributed by atoms with Crippen molar-refractivity contribution in [2.45, 2.75) is 19.2 Å². The SMILES string of the molecule is Cc1ccc(CNC(=O)CSCc2nc3ccccc3[nH]2)cc1. The Morgan fingerprint density at radius 3 is 2.74 bits per heavy atom. The number of para-hydroxylation sites is 2. The second-order valence-electron chi connectivity index (χ2n) is 5.46. The molecule has 2 aromatic carbocycles. The number of H-pyrrole nitrogens is 1. The Bertz CT molecular complexity index is 762. The predicted molar refractivity (Wildman–Crippen MR) is 95.3 cm³/mol. The number of aryl methyl sites for hydroxylation is 1. The van der Waals surface area contributed by atoms with E-state index in [1.165, 1.54) is 5.56 Å². The number of nitrogens with zero attached hydrogens (tertiary/aromatic N) is 1. The Balaban J connectivity index is 1.43. The van der Waals surface area contributed by atoms with Gasteiger partial charge >= 0.3 is 0 Å². The van der Waals surface area contributed by atoms with Gasteiger partial charge in [-0.1, -0.05) is 42.0 Å². The smallest absolute Gasteiger partial charge is 0.230 e. The van der Waals surface area contributed by atoms with Crippen LogP contribution < -0.4 is 5.32 Å². The van der Waals surface area contributed by atoms with Crippen LogP contribution in [0.4, 0.5) is 0 Å². The largest absolute Gasteiger partial charge is 0.351 e. The van der Waals surface area contributed by atoms with E-state index in [0.717, 1.165) is 22.4 Å². The molecule has 0 saturated carbocycles. The first kappa shape index (κ1) is 15.6. The summed E-state index contributed by atoms with van der Waals surface area (Å²) in [6, 6.07) is 16.1. The number of amides is 1. The summed E-state index contributed by atoms with van der Waals surface area (Å²) >= 11 is 1.56. The van der Waals surface area contributed by atoms with Crippen LogP contribution in [0.2, 0.25) is 0 Å². The number of hydrogen-bond donors (Lipinski definition) is 2. The average Bonchev–Trinajstić information content (AvgIpc) is 2.97. The fourth-order valence-corrected chi connectivity index (χ4v) is 2.99. The highest BCUT2D eigenvalue weighted by Gasteiger charge is 2.05. The molecule has 0 fully saturated rings. The molecule has 0 unspecified atom stereocenters. The van der Waals surface area contributed by atoms with Crippen LogP contribution in [-0.2, 0) is 17.1 Å². The normalized spacial score (nSPS) is 10.8. The van der Waals surface area contributed by atoms with Crippen molar-refractivity contribution in [3.05, 3.63) is 65.5 Å². The second kappa shape index (κ2) is 7.33. The number of carbonyl (C=O) groups excluding carboxylic acids is 1. The van der Waals surface area contributed by atoms with Gasteiger partial charge in [-0.05, 0) is 24.6 Å². The van der Waals surface area contributed by atoms with Gasteiger partial charge in [-0.3, -0.25) is 4.79 Å². The van der Waals surface area contributed by atoms with Crippen LogP contribution in [-0.4, -0.2) is 21.6 Å². The van der Waals surface area contributed by atoms with E-state index >= 15 is 0 Å². The van der Waals surface area contributed by atoms with Gasteiger partial charge in [0.15, 0.2) is 0 Å². The van der Waals surface area contributed by atoms with Gasteiger partial charge in [0.05, 0.1) is 22.5 Å². The molecule has 23 heavy (non-hydrogen) atoms. The zero-order valence-corrected chi connectivity index (χ0v) is 13.8. The fraction of sp³-hybridized carbons (Fsp3) is 0.222. The minimum atomic E-state index is 0.0479. The van der Waals surface area contributed by atoms with E-state index < -0.39 is 0 Å². The lowest BCUT2D eigenvalue weighted by atomic mass is 10.1. The van der Waals surface area contributed by atoms with Gasteiger partial charge < -0.3 is 10.3 Å². The van der Waals surface area contributed by atoms with Crippen LogP contribution in [0.25, 0.3) is 11.0 Å². The van der Waals surface area contributed by atoms with Crippen molar-refractivity contribution in [1.82, 2.24) is 15.3 Å². The first-order chi connectivity index (χ1) is 11.2. The molecule has 3 aromatic rings. The number of benzene rings is 2. The molecule has 0 saturated heterocycles. The lowest BCUT2D eigenvalue weighted by Crippen LogP contribution is -2.24. The van der Waals surface area contributed by atoms with Crippen LogP contribution in [0, 0.1) is 6.92 Å². The van der Waals surface area contributed by atoms with Crippen LogP contribution in [0.1, 0.15) is 17.0 Å². The molecule has 0 aliphatic carbocycles. The lowest BCUT2D eigenvalue weighted by molar-refractivity contribution is -0.118. The van der Waals surface area contributed by atoms with Crippen molar-refractivity contribution in [2.75, 3.05) is 5.75 Å². The van der Waals surface area contributed by atoms with Gasteiger partial charge in [-0.2, -0.15) is 0 Å². The third-order valence-corrected chi connectivity index (χ3v) is 4.46. The van der Waals surface area contributed by atoms with E-state index in [1.54, 1.807) is 11.8 Å². The quantitative estimate of drug-likeness (QED) is 0.730. The summed E-state index contributed by atoms with van der Waals surface area (Å²) in [5.41, 5.74) is 4.34.